The fourth-order valence-electron chi connectivity index (χ4n) is 8.36. The van der Waals surface area contributed by atoms with Crippen LogP contribution in [0.4, 0.5) is 4.79 Å². The lowest BCUT2D eigenvalue weighted by atomic mass is 9.98. The second-order valence-corrected chi connectivity index (χ2v) is 20.6. The molecule has 0 aliphatic carbocycles. The van der Waals surface area contributed by atoms with Gasteiger partial charge in [-0.1, -0.05) is 117 Å². The molecule has 0 radical (unpaired) electrons. The molecule has 0 fully saturated rings. The fraction of sp³-hybridized carbons (Fsp3) is 0.279. The number of rotatable bonds is 24. The number of amides is 6. The predicted molar refractivity (Wildman–Crippen MR) is 299 cm³/mol. The lowest BCUT2D eigenvalue weighted by Crippen LogP contribution is -2.56. The van der Waals surface area contributed by atoms with E-state index in [4.69, 9.17) is 14.2 Å². The fourth-order valence-corrected chi connectivity index (χ4v) is 8.36. The second kappa shape index (κ2) is 28.9. The quantitative estimate of drug-likeness (QED) is 0.0255. The number of benzene rings is 6. The number of alkyl carbamates (subject to hydrolysis) is 1. The number of hydrogen-bond acceptors (Lipinski definition) is 16. The molecule has 6 aromatic carbocycles. The number of carbonyl (C=O) groups is 8. The van der Waals surface area contributed by atoms with E-state index in [1.54, 1.807) is 112 Å². The average Bonchev–Trinajstić information content (AvgIpc) is 3.43. The Balaban J connectivity index is 1.31. The largest absolute Gasteiger partial charge is 0.508 e. The Morgan fingerprint density at radius 1 is 0.434 bits per heavy atom. The Hall–Kier alpha value is -10.1. The molecule has 0 saturated carbocycles. The number of phenols is 5. The van der Waals surface area contributed by atoms with Crippen molar-refractivity contribution in [2.45, 2.75) is 103 Å². The molecule has 22 heteroatoms. The maximum Gasteiger partial charge on any atom is 0.408 e. The van der Waals surface area contributed by atoms with Crippen LogP contribution in [0.1, 0.15) is 92.5 Å². The Labute approximate surface area is 478 Å². The van der Waals surface area contributed by atoms with E-state index in [1.807, 2.05) is 0 Å². The average molecular weight is 1140 g/mol. The summed E-state index contributed by atoms with van der Waals surface area (Å²) in [5.41, 5.74) is 0.414. The van der Waals surface area contributed by atoms with Crippen molar-refractivity contribution in [3.8, 4) is 28.7 Å². The number of phenolic OH excluding ortho intramolecular Hbond substituents is 5. The van der Waals surface area contributed by atoms with Gasteiger partial charge in [-0.05, 0) is 96.5 Å². The molecule has 0 spiro atoms. The normalized spacial score (nSPS) is 13.3. The van der Waals surface area contributed by atoms with E-state index < -0.39 is 125 Å². The zero-order chi connectivity index (χ0) is 60.4. The van der Waals surface area contributed by atoms with Crippen LogP contribution in [0.2, 0.25) is 0 Å². The number of hydrogen-bond donors (Lipinski definition) is 11. The third-order valence-corrected chi connectivity index (χ3v) is 12.4. The van der Waals surface area contributed by atoms with Crippen molar-refractivity contribution < 1.29 is 78.1 Å². The number of carbonyl (C=O) groups excluding carboxylic acids is 8. The van der Waals surface area contributed by atoms with Gasteiger partial charge in [0.2, 0.25) is 29.5 Å². The highest BCUT2D eigenvalue weighted by Gasteiger charge is 2.37. The first kappa shape index (κ1) is 62.1. The lowest BCUT2D eigenvalue weighted by Gasteiger charge is -2.29. The smallest absolute Gasteiger partial charge is 0.408 e. The summed E-state index contributed by atoms with van der Waals surface area (Å²) in [7, 11) is 0. The lowest BCUT2D eigenvalue weighted by molar-refractivity contribution is -0.155. The van der Waals surface area contributed by atoms with Crippen molar-refractivity contribution in [1.29, 1.82) is 0 Å². The van der Waals surface area contributed by atoms with E-state index in [-0.39, 0.29) is 42.1 Å². The van der Waals surface area contributed by atoms with Gasteiger partial charge in [0.1, 0.15) is 83.8 Å². The van der Waals surface area contributed by atoms with Crippen LogP contribution in [-0.2, 0) is 67.4 Å². The monoisotopic (exact) mass is 1140 g/mol. The standard InChI is InChI=1S/C61H66N6O16/c1-35(2)50(64-58(78)53(67-60(80)83-61(3,4)5)41-28-45(71)31-46(72)29-41)55(75)66-52(40-26-43(69)30-44(70)27-40)57(77)65-51(39-21-23-42(68)24-22-39)56(76)62-47(25-36-15-9-6-10-16-36)54(74)63-48(59(79)82-34-38-19-13-8-14-20-38)32-49(73)81-33-37-17-11-7-12-18-37/h6-24,26-31,35,47-48,50-53,68-72H,25,32-34H2,1-5H3,(H,62,76)(H,63,74)(H,64,78)(H,65,77)(H,66,75)(H,67,80)/t47-,48-,50-,51-,52+,53+/m0/s1. The number of nitrogens with one attached hydrogen (secondary N) is 6. The Morgan fingerprint density at radius 2 is 0.855 bits per heavy atom. The Kier molecular flexibility index (Phi) is 21.6. The molecule has 6 amide bonds. The van der Waals surface area contributed by atoms with Gasteiger partial charge in [-0.25, -0.2) is 9.59 Å². The van der Waals surface area contributed by atoms with Crippen molar-refractivity contribution in [2.24, 2.45) is 5.92 Å². The van der Waals surface area contributed by atoms with Crippen LogP contribution in [0.15, 0.2) is 152 Å². The summed E-state index contributed by atoms with van der Waals surface area (Å²) >= 11 is 0. The summed E-state index contributed by atoms with van der Waals surface area (Å²) in [4.78, 5) is 113. The van der Waals surface area contributed by atoms with E-state index in [9.17, 15) is 63.9 Å². The third kappa shape index (κ3) is 19.3. The Bertz CT molecular complexity index is 3190. The van der Waals surface area contributed by atoms with Gasteiger partial charge in [0, 0.05) is 18.6 Å². The van der Waals surface area contributed by atoms with Crippen LogP contribution < -0.4 is 31.9 Å². The molecule has 0 bridgehead atoms. The van der Waals surface area contributed by atoms with E-state index >= 15 is 0 Å². The van der Waals surface area contributed by atoms with Gasteiger partial charge in [-0.3, -0.25) is 28.8 Å². The first-order valence-corrected chi connectivity index (χ1v) is 26.2. The highest BCUT2D eigenvalue weighted by molar-refractivity contribution is 5.98. The topological polar surface area (TPSA) is 338 Å². The molecule has 6 rings (SSSR count). The van der Waals surface area contributed by atoms with E-state index in [1.165, 1.54) is 38.1 Å². The maximum absolute atomic E-state index is 14.9. The van der Waals surface area contributed by atoms with E-state index in [0.29, 0.717) is 16.7 Å². The van der Waals surface area contributed by atoms with E-state index in [2.05, 4.69) is 31.9 Å². The van der Waals surface area contributed by atoms with E-state index in [0.717, 1.165) is 36.4 Å². The molecule has 0 aliphatic heterocycles. The first-order valence-electron chi connectivity index (χ1n) is 26.2. The minimum atomic E-state index is -1.91. The molecule has 11 N–H and O–H groups in total. The van der Waals surface area contributed by atoms with Crippen molar-refractivity contribution in [1.82, 2.24) is 31.9 Å². The van der Waals surface area contributed by atoms with Crippen LogP contribution >= 0.6 is 0 Å². The van der Waals surface area contributed by atoms with Gasteiger partial charge >= 0.3 is 18.0 Å². The molecule has 6 aromatic rings. The van der Waals surface area contributed by atoms with Gasteiger partial charge in [0.25, 0.3) is 0 Å². The van der Waals surface area contributed by atoms with Gasteiger partial charge in [-0.2, -0.15) is 0 Å². The van der Waals surface area contributed by atoms with Crippen molar-refractivity contribution in [3.63, 3.8) is 0 Å². The summed E-state index contributed by atoms with van der Waals surface area (Å²) in [6, 6.07) is 26.8. The van der Waals surface area contributed by atoms with Crippen LogP contribution in [0.25, 0.3) is 0 Å². The molecule has 0 aromatic heterocycles. The Morgan fingerprint density at radius 3 is 1.35 bits per heavy atom. The molecule has 6 atom stereocenters. The van der Waals surface area contributed by atoms with Crippen molar-refractivity contribution in [2.75, 3.05) is 0 Å². The second-order valence-electron chi connectivity index (χ2n) is 20.6. The zero-order valence-corrected chi connectivity index (χ0v) is 46.0. The van der Waals surface area contributed by atoms with Crippen LogP contribution in [0, 0.1) is 5.92 Å². The molecule has 0 saturated heterocycles. The molecule has 22 nitrogen and oxygen atoms in total. The van der Waals surface area contributed by atoms with Crippen molar-refractivity contribution in [3.05, 3.63) is 185 Å². The molecule has 83 heavy (non-hydrogen) atoms. The predicted octanol–water partition coefficient (Wildman–Crippen LogP) is 5.73. The third-order valence-electron chi connectivity index (χ3n) is 12.4. The van der Waals surface area contributed by atoms with Crippen LogP contribution in [-0.4, -0.2) is 96.8 Å². The SMILES string of the molecule is CC(C)[C@H](NC(=O)[C@H](NC(=O)OC(C)(C)C)c1cc(O)cc(O)c1)C(=O)N[C@@H](C(=O)N[C@H](C(=O)N[C@@H](Cc1ccccc1)C(=O)N[C@@H](CC(=O)OCc1ccccc1)C(=O)OCc1ccccc1)c1ccc(O)cc1)c1cc(O)cc(O)c1. The highest BCUT2D eigenvalue weighted by Crippen LogP contribution is 2.29. The number of aromatic hydroxyl groups is 5. The van der Waals surface area contributed by atoms with Gasteiger partial charge < -0.3 is 71.6 Å². The summed E-state index contributed by atoms with van der Waals surface area (Å²) in [5.74, 6) is -10.2. The van der Waals surface area contributed by atoms with Crippen molar-refractivity contribution >= 4 is 47.6 Å². The zero-order valence-electron chi connectivity index (χ0n) is 46.0. The maximum atomic E-state index is 14.9. The minimum absolute atomic E-state index is 0.0220. The summed E-state index contributed by atoms with van der Waals surface area (Å²) in [6.07, 6.45) is -1.98. The molecule has 0 heterocycles. The van der Waals surface area contributed by atoms with Crippen LogP contribution in [0.5, 0.6) is 28.7 Å². The molecule has 0 unspecified atom stereocenters. The van der Waals surface area contributed by atoms with Crippen LogP contribution in [0.3, 0.4) is 0 Å². The number of esters is 2. The summed E-state index contributed by atoms with van der Waals surface area (Å²) < 4.78 is 16.4. The molecular formula is C61H66N6O16. The molecule has 436 valence electrons. The highest BCUT2D eigenvalue weighted by atomic mass is 16.6. The molecule has 0 aliphatic rings. The first-order chi connectivity index (χ1) is 39.4. The van der Waals surface area contributed by atoms with Gasteiger partial charge in [0.15, 0.2) is 0 Å². The summed E-state index contributed by atoms with van der Waals surface area (Å²) in [5, 5.41) is 67.5. The molecular weight excluding hydrogens is 1070 g/mol. The minimum Gasteiger partial charge on any atom is -0.508 e. The van der Waals surface area contributed by atoms with Gasteiger partial charge in [0.05, 0.1) is 6.42 Å². The van der Waals surface area contributed by atoms with Gasteiger partial charge in [-0.15, -0.1) is 0 Å². The number of ether oxygens (including phenoxy) is 3. The summed E-state index contributed by atoms with van der Waals surface area (Å²) in [6.45, 7) is 7.43.